The summed E-state index contributed by atoms with van der Waals surface area (Å²) in [5, 5.41) is 2.21. The van der Waals surface area contributed by atoms with Gasteiger partial charge in [0, 0.05) is 33.4 Å². The van der Waals surface area contributed by atoms with Crippen LogP contribution < -0.4 is 9.80 Å². The maximum Gasteiger partial charge on any atom is 0.266 e. The van der Waals surface area contributed by atoms with Gasteiger partial charge in [0.2, 0.25) is 0 Å². The Hall–Kier alpha value is -15.0. The molecule has 0 spiro atoms. The minimum absolute atomic E-state index is 0. The fourth-order valence-corrected chi connectivity index (χ4v) is 11.1. The van der Waals surface area contributed by atoms with Crippen molar-refractivity contribution in [2.75, 3.05) is 9.80 Å². The second kappa shape index (κ2) is 47.2. The molecule has 18 nitrogen and oxygen atoms in total. The van der Waals surface area contributed by atoms with Crippen LogP contribution in [0.15, 0.2) is 255 Å². The van der Waals surface area contributed by atoms with Crippen LogP contribution >= 0.6 is 0 Å². The van der Waals surface area contributed by atoms with Gasteiger partial charge in [0.25, 0.3) is 23.6 Å². The Morgan fingerprint density at radius 3 is 0.620 bits per heavy atom. The normalized spacial score (nSPS) is 11.6. The fourth-order valence-electron chi connectivity index (χ4n) is 11.1. The van der Waals surface area contributed by atoms with Crippen molar-refractivity contribution >= 4 is 164 Å². The summed E-state index contributed by atoms with van der Waals surface area (Å²) < 4.78 is 0. The van der Waals surface area contributed by atoms with Gasteiger partial charge in [0.15, 0.2) is 69.4 Å². The third-order valence-corrected chi connectivity index (χ3v) is 17.6. The van der Waals surface area contributed by atoms with Crippen molar-refractivity contribution in [3.8, 4) is 0 Å². The number of anilines is 2. The van der Waals surface area contributed by atoms with E-state index in [-0.39, 0.29) is 114 Å². The van der Waals surface area contributed by atoms with Gasteiger partial charge in [-0.1, -0.05) is 216 Å². The number of rotatable bonds is 22. The molecule has 10 aromatic carbocycles. The molecule has 12 rings (SSSR count). The number of allylic oxidation sites excluding steroid dienone is 6. The largest absolute Gasteiger partial charge is 0.295 e. The van der Waals surface area contributed by atoms with Crippen LogP contribution in [0, 0.1) is 0 Å². The third kappa shape index (κ3) is 30.2. The monoisotopic (exact) mass is 1620 g/mol. The molecule has 0 aliphatic carbocycles. The summed E-state index contributed by atoms with van der Waals surface area (Å²) in [7, 11) is 0. The lowest BCUT2D eigenvalue weighted by molar-refractivity contribution is -0.113. The molecule has 0 radical (unpaired) electrons. The van der Waals surface area contributed by atoms with Crippen molar-refractivity contribution in [2.24, 2.45) is 0 Å². The molecule has 0 saturated carbocycles. The summed E-state index contributed by atoms with van der Waals surface area (Å²) in [6.07, 6.45) is 23.6. The van der Waals surface area contributed by atoms with Gasteiger partial charge in [0.1, 0.15) is 0 Å². The lowest BCUT2D eigenvalue weighted by Crippen LogP contribution is -2.29. The summed E-state index contributed by atoms with van der Waals surface area (Å²) in [5.74, 6) is -1.92. The van der Waals surface area contributed by atoms with Crippen LogP contribution in [-0.2, 0) is 28.8 Å². The molecular formula is C103H98N2O16. The van der Waals surface area contributed by atoms with Crippen LogP contribution in [0.1, 0.15) is 253 Å². The second-order valence-electron chi connectivity index (χ2n) is 27.3. The Morgan fingerprint density at radius 2 is 0.380 bits per heavy atom. The van der Waals surface area contributed by atoms with Gasteiger partial charge in [-0.3, -0.25) is 76.7 Å². The first kappa shape index (κ1) is 98.3. The number of amides is 4. The quantitative estimate of drug-likeness (QED) is 0.0264. The molecule has 0 N–H and O–H groups in total. The van der Waals surface area contributed by atoms with E-state index < -0.39 is 23.6 Å². The number of carbonyl (C=O) groups excluding carboxylic acids is 16. The van der Waals surface area contributed by atoms with E-state index in [2.05, 4.69) is 0 Å². The number of benzene rings is 10. The van der Waals surface area contributed by atoms with Gasteiger partial charge in [-0.25, -0.2) is 9.80 Å². The van der Waals surface area contributed by atoms with Crippen molar-refractivity contribution in [1.29, 1.82) is 0 Å². The predicted octanol–water partition coefficient (Wildman–Crippen LogP) is 21.8. The summed E-state index contributed by atoms with van der Waals surface area (Å²) in [5.41, 5.74) is 13.0. The first-order valence-corrected chi connectivity index (χ1v) is 37.1. The molecule has 2 aliphatic rings. The first-order chi connectivity index (χ1) is 56.0. The van der Waals surface area contributed by atoms with Crippen molar-refractivity contribution in [3.05, 3.63) is 355 Å². The maximum absolute atomic E-state index is 12.6. The highest BCUT2D eigenvalue weighted by atomic mass is 16.2. The molecule has 0 atom stereocenters. The van der Waals surface area contributed by atoms with E-state index in [1.165, 1.54) is 124 Å². The van der Waals surface area contributed by atoms with Gasteiger partial charge in [-0.15, -0.1) is 0 Å². The predicted molar refractivity (Wildman–Crippen MR) is 485 cm³/mol. The van der Waals surface area contributed by atoms with Crippen molar-refractivity contribution in [3.63, 3.8) is 0 Å². The van der Waals surface area contributed by atoms with E-state index in [4.69, 9.17) is 0 Å². The Morgan fingerprint density at radius 1 is 0.198 bits per heavy atom. The Labute approximate surface area is 706 Å². The molecule has 616 valence electrons. The molecule has 0 bridgehead atoms. The number of nitrogens with zero attached hydrogens (tertiary/aromatic N) is 2. The zero-order chi connectivity index (χ0) is 86.4. The summed E-state index contributed by atoms with van der Waals surface area (Å²) in [6.45, 7) is 18.0. The van der Waals surface area contributed by atoms with E-state index in [9.17, 15) is 76.7 Å². The average Bonchev–Trinajstić information content (AvgIpc) is 1.62. The van der Waals surface area contributed by atoms with Crippen LogP contribution in [0.4, 0.5) is 11.4 Å². The van der Waals surface area contributed by atoms with Crippen LogP contribution in [-0.4, -0.2) is 93.0 Å². The van der Waals surface area contributed by atoms with Gasteiger partial charge in [-0.05, 0) is 248 Å². The molecule has 2 aliphatic heterocycles. The zero-order valence-corrected chi connectivity index (χ0v) is 67.3. The van der Waals surface area contributed by atoms with Crippen LogP contribution in [0.5, 0.6) is 0 Å². The summed E-state index contributed by atoms with van der Waals surface area (Å²) in [6, 6.07) is 63.7. The molecule has 0 fully saturated rings. The Balaban J connectivity index is 0.000000306. The van der Waals surface area contributed by atoms with Gasteiger partial charge >= 0.3 is 0 Å². The maximum atomic E-state index is 12.6. The Kier molecular flexibility index (Phi) is 38.4. The van der Waals surface area contributed by atoms with Crippen LogP contribution in [0.2, 0.25) is 0 Å². The van der Waals surface area contributed by atoms with E-state index in [0.717, 1.165) is 65.1 Å². The summed E-state index contributed by atoms with van der Waals surface area (Å²) >= 11 is 0. The smallest absolute Gasteiger partial charge is 0.266 e. The SMILES string of the molecule is C.C.C.CC(=O)/C=C/c1ccc(/C=C/C(C)=O)cc1.CC(=O)/C=C/c1ccc(C(C)=O)cc1.CC(=O)/C=C/c1ccc(N2C(=O)c3ccc(C(C)=O)cc3C2=O)cc1.CC(=O)/C=C/c1ccc2cc(/C=C/C(C)=O)ccc2c1.CC(=O)c1ccc(/C=C/c2ccc(C(C)=O)cc2)cc1.CC(=O)c1ccc(N2C(=O)c3ccc(C(C)=O)cc3C2=O)cc1. The summed E-state index contributed by atoms with van der Waals surface area (Å²) in [4.78, 5) is 185. The first-order valence-electron chi connectivity index (χ1n) is 37.1. The third-order valence-electron chi connectivity index (χ3n) is 17.6. The van der Waals surface area contributed by atoms with E-state index in [1.807, 2.05) is 146 Å². The number of imide groups is 2. The number of hydrogen-bond donors (Lipinski definition) is 0. The molecule has 10 aromatic rings. The van der Waals surface area contributed by atoms with Crippen molar-refractivity contribution < 1.29 is 76.7 Å². The molecule has 0 aromatic heterocycles. The number of ketones is 12. The highest BCUT2D eigenvalue weighted by Crippen LogP contribution is 2.32. The lowest BCUT2D eigenvalue weighted by atomic mass is 10.0. The van der Waals surface area contributed by atoms with Crippen molar-refractivity contribution in [1.82, 2.24) is 0 Å². The number of carbonyl (C=O) groups is 16. The minimum atomic E-state index is -0.469. The molecule has 2 heterocycles. The fraction of sp³-hybridized carbons (Fsp3) is 0.146. The molecule has 0 saturated heterocycles. The van der Waals surface area contributed by atoms with Crippen molar-refractivity contribution in [2.45, 2.75) is 105 Å². The topological polar surface area (TPSA) is 280 Å². The molecule has 18 heteroatoms. The lowest BCUT2D eigenvalue weighted by Gasteiger charge is -2.13. The average molecular weight is 1620 g/mol. The van der Waals surface area contributed by atoms with Crippen LogP contribution in [0.25, 0.3) is 59.4 Å². The van der Waals surface area contributed by atoms with E-state index in [1.54, 1.807) is 117 Å². The molecular weight excluding hydrogens is 1520 g/mol. The molecule has 4 amide bonds. The standard InChI is InChI=1S/C20H15NO4.C18H13NO4.2C18H16O2.C14H14O2.C12H12O2.3CH4/c1-12(22)3-4-14-5-8-16(9-6-14)21-19(24)17-10-7-15(13(2)23)11-18(17)20(21)25;1-10(20)12-3-6-14(7-4-12)19-17(22)15-8-5-13(11(2)21)9-16(15)18(19)23;1-13(19)3-5-15-7-9-18-12-16(6-4-14(2)20)8-10-17(18)11-15;1-13(19)17-9-5-15(6-10-17)3-4-16-7-11-18(12-8-16)14(2)20;1-11(15)3-5-13-7-9-14(10-8-13)6-4-12(2)16;1-9(13)3-4-11-5-7-12(8-6-11)10(2)14;;;/h3-11H,1-2H3;3-9H,1-2H3;2*3-12H,1-2H3;3-10H,1-2H3;3-8H,1-2H3;3*1H4/b4-3+;;5-3+,6-4+;4-3+;5-3+,6-4+;4-3+;;;. The Bertz CT molecular complexity index is 5640. The van der Waals surface area contributed by atoms with Gasteiger partial charge in [-0.2, -0.15) is 0 Å². The second-order valence-corrected chi connectivity index (χ2v) is 27.3. The highest BCUT2D eigenvalue weighted by Gasteiger charge is 2.38. The highest BCUT2D eigenvalue weighted by molar-refractivity contribution is 6.36. The number of hydrogen-bond acceptors (Lipinski definition) is 16. The van der Waals surface area contributed by atoms with E-state index >= 15 is 0 Å². The van der Waals surface area contributed by atoms with Gasteiger partial charge < -0.3 is 0 Å². The molecule has 121 heavy (non-hydrogen) atoms. The van der Waals surface area contributed by atoms with Crippen LogP contribution in [0.3, 0.4) is 0 Å². The number of fused-ring (bicyclic) bond motifs is 3. The molecule has 0 unspecified atom stereocenters. The number of Topliss-reactive ketones (excluding diaryl/α,β-unsaturated/α-hetero) is 6. The van der Waals surface area contributed by atoms with Gasteiger partial charge in [0.05, 0.1) is 33.6 Å². The minimum Gasteiger partial charge on any atom is -0.295 e. The zero-order valence-electron chi connectivity index (χ0n) is 67.3. The van der Waals surface area contributed by atoms with E-state index in [0.29, 0.717) is 44.8 Å².